The second kappa shape index (κ2) is 7.04. The van der Waals surface area contributed by atoms with Gasteiger partial charge in [-0.1, -0.05) is 42.1 Å². The number of hydrogen-bond acceptors (Lipinski definition) is 7. The molecule has 4 rings (SSSR count). The van der Waals surface area contributed by atoms with Crippen molar-refractivity contribution in [2.24, 2.45) is 0 Å². The molecule has 0 aliphatic rings. The smallest absolute Gasteiger partial charge is 0.234 e. The van der Waals surface area contributed by atoms with Crippen molar-refractivity contribution >= 4 is 51.4 Å². The lowest BCUT2D eigenvalue weighted by Gasteiger charge is -2.07. The van der Waals surface area contributed by atoms with Crippen LogP contribution in [0.5, 0.6) is 0 Å². The fourth-order valence-corrected chi connectivity index (χ4v) is 3.20. The average molecular weight is 378 g/mol. The molecule has 0 aliphatic carbocycles. The number of amides is 1. The van der Waals surface area contributed by atoms with Gasteiger partial charge in [0.2, 0.25) is 11.1 Å². The monoisotopic (exact) mass is 378 g/mol. The van der Waals surface area contributed by atoms with Crippen LogP contribution in [-0.2, 0) is 4.79 Å². The van der Waals surface area contributed by atoms with E-state index in [1.54, 1.807) is 6.07 Å². The first-order valence-corrected chi connectivity index (χ1v) is 8.94. The van der Waals surface area contributed by atoms with Crippen molar-refractivity contribution in [1.29, 1.82) is 0 Å². The zero-order chi connectivity index (χ0) is 18.8. The minimum absolute atomic E-state index is 0.00255. The molecule has 0 saturated carbocycles. The maximum atomic E-state index is 12.1. The number of H-pyrrole nitrogens is 1. The van der Waals surface area contributed by atoms with E-state index in [0.717, 1.165) is 22.7 Å². The number of anilines is 1. The Morgan fingerprint density at radius 1 is 1.11 bits per heavy atom. The minimum atomic E-state index is -1.30. The maximum absolute atomic E-state index is 12.1. The highest BCUT2D eigenvalue weighted by molar-refractivity contribution is 7.99. The van der Waals surface area contributed by atoms with Crippen LogP contribution in [0.3, 0.4) is 0 Å². The van der Waals surface area contributed by atoms with Gasteiger partial charge in [-0.15, -0.1) is 10.2 Å². The number of nitrogens with zero attached hydrogens (tertiary/aromatic N) is 3. The number of benzene rings is 2. The van der Waals surface area contributed by atoms with Gasteiger partial charge in [0, 0.05) is 16.6 Å². The molecule has 8 nitrogen and oxygen atoms in total. The summed E-state index contributed by atoms with van der Waals surface area (Å²) in [6.45, 7) is 0. The highest BCUT2D eigenvalue weighted by Crippen LogP contribution is 2.23. The number of carboxylic acids is 1. The van der Waals surface area contributed by atoms with Crippen molar-refractivity contribution in [3.8, 4) is 0 Å². The first kappa shape index (κ1) is 17.0. The molecule has 134 valence electrons. The second-order valence-electron chi connectivity index (χ2n) is 5.67. The molecular weight excluding hydrogens is 366 g/mol. The number of rotatable bonds is 5. The molecule has 0 aliphatic heterocycles. The molecule has 0 bridgehead atoms. The van der Waals surface area contributed by atoms with Gasteiger partial charge in [0.15, 0.2) is 5.65 Å². The van der Waals surface area contributed by atoms with Crippen molar-refractivity contribution in [2.45, 2.75) is 5.16 Å². The molecule has 27 heavy (non-hydrogen) atoms. The molecule has 0 radical (unpaired) electrons. The third-order valence-corrected chi connectivity index (χ3v) is 4.65. The van der Waals surface area contributed by atoms with Crippen LogP contribution < -0.4 is 10.4 Å². The summed E-state index contributed by atoms with van der Waals surface area (Å²) in [6.07, 6.45) is 0. The predicted molar refractivity (Wildman–Crippen MR) is 99.3 cm³/mol. The van der Waals surface area contributed by atoms with Crippen LogP contribution in [0.15, 0.2) is 53.7 Å². The third kappa shape index (κ3) is 3.58. The summed E-state index contributed by atoms with van der Waals surface area (Å²) in [5, 5.41) is 23.1. The van der Waals surface area contributed by atoms with Crippen molar-refractivity contribution in [1.82, 2.24) is 20.2 Å². The largest absolute Gasteiger partial charge is 0.545 e. The molecule has 9 heteroatoms. The highest BCUT2D eigenvalue weighted by Gasteiger charge is 2.11. The van der Waals surface area contributed by atoms with Crippen molar-refractivity contribution < 1.29 is 14.7 Å². The Morgan fingerprint density at radius 3 is 2.81 bits per heavy atom. The number of carboxylic acid groups (broad SMARTS) is 1. The number of aromatic nitrogens is 4. The summed E-state index contributed by atoms with van der Waals surface area (Å²) >= 11 is 1.14. The molecule has 2 N–H and O–H groups in total. The van der Waals surface area contributed by atoms with Gasteiger partial charge in [0.1, 0.15) is 5.52 Å². The van der Waals surface area contributed by atoms with Crippen molar-refractivity contribution in [3.05, 3.63) is 54.1 Å². The predicted octanol–water partition coefficient (Wildman–Crippen LogP) is 1.60. The van der Waals surface area contributed by atoms with Crippen LogP contribution in [0.1, 0.15) is 10.4 Å². The summed E-state index contributed by atoms with van der Waals surface area (Å²) in [5.41, 5.74) is 2.58. The molecular formula is C18H12N5O3S-. The van der Waals surface area contributed by atoms with Gasteiger partial charge in [0.25, 0.3) is 0 Å². The quantitative estimate of drug-likeness (QED) is 0.506. The van der Waals surface area contributed by atoms with E-state index in [4.69, 9.17) is 0 Å². The number of thioether (sulfide) groups is 1. The molecule has 2 aromatic heterocycles. The van der Waals surface area contributed by atoms with Gasteiger partial charge >= 0.3 is 0 Å². The zero-order valence-electron chi connectivity index (χ0n) is 13.8. The van der Waals surface area contributed by atoms with Gasteiger partial charge in [-0.3, -0.25) is 4.79 Å². The number of aromatic amines is 1. The lowest BCUT2D eigenvalue weighted by atomic mass is 10.2. The van der Waals surface area contributed by atoms with Crippen LogP contribution in [0.2, 0.25) is 0 Å². The molecule has 0 fully saturated rings. The molecule has 2 heterocycles. The Bertz CT molecular complexity index is 1170. The molecule has 1 amide bonds. The summed E-state index contributed by atoms with van der Waals surface area (Å²) in [6, 6.07) is 13.6. The fraction of sp³-hybridized carbons (Fsp3) is 0.0556. The summed E-state index contributed by atoms with van der Waals surface area (Å²) < 4.78 is 0. The van der Waals surface area contributed by atoms with Crippen molar-refractivity contribution in [2.75, 3.05) is 11.1 Å². The Kier molecular flexibility index (Phi) is 4.43. The summed E-state index contributed by atoms with van der Waals surface area (Å²) in [5.74, 6) is -1.55. The first-order valence-electron chi connectivity index (χ1n) is 7.95. The summed E-state index contributed by atoms with van der Waals surface area (Å²) in [7, 11) is 0. The van der Waals surface area contributed by atoms with E-state index < -0.39 is 5.97 Å². The SMILES string of the molecule is O=C(CSc1nnc2c(n1)[nH]c1ccccc12)Nc1cccc(C(=O)[O-])c1. The molecule has 4 aromatic rings. The lowest BCUT2D eigenvalue weighted by molar-refractivity contribution is -0.255. The van der Waals surface area contributed by atoms with E-state index in [9.17, 15) is 14.7 Å². The number of nitrogens with one attached hydrogen (secondary N) is 2. The van der Waals surface area contributed by atoms with E-state index in [1.165, 1.54) is 18.2 Å². The normalized spacial score (nSPS) is 11.0. The number of aromatic carboxylic acids is 1. The third-order valence-electron chi connectivity index (χ3n) is 3.82. The van der Waals surface area contributed by atoms with Gasteiger partial charge in [-0.25, -0.2) is 4.98 Å². The zero-order valence-corrected chi connectivity index (χ0v) is 14.6. The number of hydrogen-bond donors (Lipinski definition) is 2. The number of fused-ring (bicyclic) bond motifs is 3. The van der Waals surface area contributed by atoms with Crippen LogP contribution in [0, 0.1) is 0 Å². The number of para-hydroxylation sites is 1. The van der Waals surface area contributed by atoms with Gasteiger partial charge < -0.3 is 20.2 Å². The number of carbonyl (C=O) groups is 2. The van der Waals surface area contributed by atoms with Crippen LogP contribution in [0.4, 0.5) is 5.69 Å². The molecule has 0 spiro atoms. The standard InChI is InChI=1S/C18H13N5O3S/c24-14(19-11-5-3-4-10(8-11)17(25)26)9-27-18-21-16-15(22-23-18)12-6-1-2-7-13(12)20-16/h1-8H,9H2,(H,19,24)(H,25,26)(H,20,21,23)/p-1. The topological polar surface area (TPSA) is 124 Å². The van der Waals surface area contributed by atoms with E-state index in [-0.39, 0.29) is 17.2 Å². The van der Waals surface area contributed by atoms with E-state index in [0.29, 0.717) is 22.0 Å². The average Bonchev–Trinajstić information content (AvgIpc) is 3.04. The Morgan fingerprint density at radius 2 is 1.96 bits per heavy atom. The summed E-state index contributed by atoms with van der Waals surface area (Å²) in [4.78, 5) is 30.5. The molecule has 0 atom stereocenters. The highest BCUT2D eigenvalue weighted by atomic mass is 32.2. The van der Waals surface area contributed by atoms with Crippen molar-refractivity contribution in [3.63, 3.8) is 0 Å². The fourth-order valence-electron chi connectivity index (χ4n) is 2.62. The Balaban J connectivity index is 1.45. The van der Waals surface area contributed by atoms with E-state index in [1.807, 2.05) is 24.3 Å². The van der Waals surface area contributed by atoms with Crippen LogP contribution >= 0.6 is 11.8 Å². The molecule has 2 aromatic carbocycles. The van der Waals surface area contributed by atoms with Crippen LogP contribution in [0.25, 0.3) is 22.1 Å². The maximum Gasteiger partial charge on any atom is 0.234 e. The number of carbonyl (C=O) groups excluding carboxylic acids is 2. The van der Waals surface area contributed by atoms with E-state index in [2.05, 4.69) is 25.5 Å². The second-order valence-corrected chi connectivity index (χ2v) is 6.61. The van der Waals surface area contributed by atoms with Crippen LogP contribution in [-0.4, -0.2) is 37.8 Å². The Hall–Kier alpha value is -3.46. The lowest BCUT2D eigenvalue weighted by Crippen LogP contribution is -2.22. The molecule has 0 unspecified atom stereocenters. The minimum Gasteiger partial charge on any atom is -0.545 e. The van der Waals surface area contributed by atoms with E-state index >= 15 is 0 Å². The van der Waals surface area contributed by atoms with Gasteiger partial charge in [-0.2, -0.15) is 0 Å². The van der Waals surface area contributed by atoms with Gasteiger partial charge in [0.05, 0.1) is 11.7 Å². The van der Waals surface area contributed by atoms with Gasteiger partial charge in [-0.05, 0) is 23.8 Å². The first-order chi connectivity index (χ1) is 13.1. The Labute approximate surface area is 157 Å². The molecule has 0 saturated heterocycles.